The van der Waals surface area contributed by atoms with Crippen LogP contribution >= 0.6 is 22.9 Å². The quantitative estimate of drug-likeness (QED) is 0.779. The summed E-state index contributed by atoms with van der Waals surface area (Å²) in [5.41, 5.74) is 0.790. The van der Waals surface area contributed by atoms with Gasteiger partial charge in [0.2, 0.25) is 0 Å². The van der Waals surface area contributed by atoms with Gasteiger partial charge in [0.15, 0.2) is 4.96 Å². The lowest BCUT2D eigenvalue weighted by Gasteiger charge is -2.12. The van der Waals surface area contributed by atoms with E-state index in [1.165, 1.54) is 25.6 Å². The number of hydrogen-bond acceptors (Lipinski definition) is 5. The van der Waals surface area contributed by atoms with Gasteiger partial charge < -0.3 is 14.8 Å². The van der Waals surface area contributed by atoms with Crippen molar-refractivity contribution in [2.45, 2.75) is 6.92 Å². The number of rotatable bonds is 4. The second kappa shape index (κ2) is 6.10. The molecule has 1 aromatic carbocycles. The summed E-state index contributed by atoms with van der Waals surface area (Å²) in [4.78, 5) is 18.6. The number of halogens is 1. The topological polar surface area (TPSA) is 64.9 Å². The predicted octanol–water partition coefficient (Wildman–Crippen LogP) is 3.63. The van der Waals surface area contributed by atoms with Crippen LogP contribution in [0.5, 0.6) is 11.5 Å². The van der Waals surface area contributed by atoms with E-state index in [4.69, 9.17) is 21.1 Å². The Bertz CT molecular complexity index is 856. The molecule has 0 aliphatic rings. The molecule has 1 N–H and O–H groups in total. The molecule has 0 spiro atoms. The van der Waals surface area contributed by atoms with E-state index in [-0.39, 0.29) is 5.91 Å². The van der Waals surface area contributed by atoms with E-state index in [2.05, 4.69) is 10.3 Å². The molecule has 2 aromatic heterocycles. The molecule has 0 fully saturated rings. The number of hydrogen-bond donors (Lipinski definition) is 1. The number of imidazole rings is 1. The van der Waals surface area contributed by atoms with E-state index in [1.54, 1.807) is 18.3 Å². The Morgan fingerprint density at radius 2 is 2.00 bits per heavy atom. The summed E-state index contributed by atoms with van der Waals surface area (Å²) in [6.07, 6.45) is 3.61. The van der Waals surface area contributed by atoms with Crippen LogP contribution < -0.4 is 14.8 Å². The van der Waals surface area contributed by atoms with Crippen molar-refractivity contribution in [1.82, 2.24) is 9.38 Å². The third-order valence-corrected chi connectivity index (χ3v) is 4.43. The molecule has 0 aliphatic carbocycles. The number of thiazole rings is 1. The van der Waals surface area contributed by atoms with Crippen molar-refractivity contribution >= 4 is 39.5 Å². The van der Waals surface area contributed by atoms with Crippen molar-refractivity contribution in [3.8, 4) is 11.5 Å². The predicted molar refractivity (Wildman–Crippen MR) is 90.3 cm³/mol. The number of aryl methyl sites for hydroxylation is 1. The Labute approximate surface area is 141 Å². The highest BCUT2D eigenvalue weighted by atomic mass is 35.5. The van der Waals surface area contributed by atoms with Crippen LogP contribution in [-0.4, -0.2) is 29.5 Å². The largest absolute Gasteiger partial charge is 0.495 e. The van der Waals surface area contributed by atoms with Crippen LogP contribution in [0.4, 0.5) is 5.69 Å². The molecule has 23 heavy (non-hydrogen) atoms. The summed E-state index contributed by atoms with van der Waals surface area (Å²) >= 11 is 7.58. The van der Waals surface area contributed by atoms with Crippen molar-refractivity contribution < 1.29 is 14.3 Å². The normalized spacial score (nSPS) is 10.8. The fourth-order valence-corrected chi connectivity index (χ4v) is 3.20. The molecular formula is C15H14ClN3O3S. The van der Waals surface area contributed by atoms with Gasteiger partial charge in [-0.1, -0.05) is 11.6 Å². The molecule has 0 unspecified atom stereocenters. The van der Waals surface area contributed by atoms with Crippen LogP contribution in [0.1, 0.15) is 15.4 Å². The van der Waals surface area contributed by atoms with Crippen LogP contribution in [0, 0.1) is 6.92 Å². The van der Waals surface area contributed by atoms with Gasteiger partial charge in [0.25, 0.3) is 5.91 Å². The molecular weight excluding hydrogens is 338 g/mol. The van der Waals surface area contributed by atoms with Gasteiger partial charge in [0, 0.05) is 29.4 Å². The zero-order valence-corrected chi connectivity index (χ0v) is 14.3. The van der Waals surface area contributed by atoms with Gasteiger partial charge >= 0.3 is 0 Å². The first kappa shape index (κ1) is 15.6. The highest BCUT2D eigenvalue weighted by Crippen LogP contribution is 2.36. The van der Waals surface area contributed by atoms with Crippen molar-refractivity contribution in [3.05, 3.63) is 40.1 Å². The molecule has 0 saturated heterocycles. The van der Waals surface area contributed by atoms with Crippen molar-refractivity contribution in [2.24, 2.45) is 0 Å². The van der Waals surface area contributed by atoms with Gasteiger partial charge in [-0.25, -0.2) is 4.98 Å². The molecule has 3 aromatic rings. The minimum absolute atomic E-state index is 0.326. The Hall–Kier alpha value is -2.25. The van der Waals surface area contributed by atoms with Crippen molar-refractivity contribution in [3.63, 3.8) is 0 Å². The van der Waals surface area contributed by atoms with E-state index >= 15 is 0 Å². The number of amides is 1. The molecule has 0 radical (unpaired) electrons. The molecule has 0 atom stereocenters. The molecule has 2 heterocycles. The molecule has 0 saturated carbocycles. The van der Waals surface area contributed by atoms with Gasteiger partial charge in [-0.3, -0.25) is 9.20 Å². The van der Waals surface area contributed by atoms with Crippen LogP contribution in [0.25, 0.3) is 4.96 Å². The lowest BCUT2D eigenvalue weighted by Crippen LogP contribution is -2.13. The molecule has 0 aliphatic heterocycles. The molecule has 3 rings (SSSR count). The Morgan fingerprint density at radius 1 is 1.26 bits per heavy atom. The molecule has 0 bridgehead atoms. The highest BCUT2D eigenvalue weighted by molar-refractivity contribution is 7.17. The fourth-order valence-electron chi connectivity index (χ4n) is 2.16. The molecule has 6 nitrogen and oxygen atoms in total. The average molecular weight is 352 g/mol. The van der Waals surface area contributed by atoms with Crippen LogP contribution in [-0.2, 0) is 0 Å². The standard InChI is InChI=1S/C15H14ClN3O3S/c1-8-6-19-7-11(18-15(19)23-8)14(20)17-10-5-12(21-2)9(16)4-13(10)22-3/h4-7H,1-3H3,(H,17,20). The second-order valence-corrected chi connectivity index (χ2v) is 6.42. The first-order valence-corrected chi connectivity index (χ1v) is 7.89. The summed E-state index contributed by atoms with van der Waals surface area (Å²) in [6, 6.07) is 3.20. The number of ether oxygens (including phenoxy) is 2. The summed E-state index contributed by atoms with van der Waals surface area (Å²) in [5.74, 6) is 0.562. The zero-order chi connectivity index (χ0) is 16.6. The number of nitrogens with one attached hydrogen (secondary N) is 1. The fraction of sp³-hybridized carbons (Fsp3) is 0.200. The third-order valence-electron chi connectivity index (χ3n) is 3.23. The maximum atomic E-state index is 12.4. The number of carbonyl (C=O) groups excluding carboxylic acids is 1. The van der Waals surface area contributed by atoms with Gasteiger partial charge in [0.1, 0.15) is 17.2 Å². The van der Waals surface area contributed by atoms with E-state index in [0.717, 1.165) is 9.84 Å². The van der Waals surface area contributed by atoms with Gasteiger partial charge in [-0.15, -0.1) is 11.3 Å². The van der Waals surface area contributed by atoms with E-state index in [0.29, 0.717) is 27.9 Å². The lowest BCUT2D eigenvalue weighted by atomic mass is 10.2. The second-order valence-electron chi connectivity index (χ2n) is 4.80. The molecule has 120 valence electrons. The number of carbonyl (C=O) groups is 1. The van der Waals surface area contributed by atoms with E-state index in [9.17, 15) is 4.79 Å². The van der Waals surface area contributed by atoms with Crippen molar-refractivity contribution in [2.75, 3.05) is 19.5 Å². The third kappa shape index (κ3) is 2.97. The summed E-state index contributed by atoms with van der Waals surface area (Å²) < 4.78 is 12.2. The van der Waals surface area contributed by atoms with Gasteiger partial charge in [-0.2, -0.15) is 0 Å². The van der Waals surface area contributed by atoms with Crippen LogP contribution in [0.15, 0.2) is 24.5 Å². The summed E-state index contributed by atoms with van der Waals surface area (Å²) in [6.45, 7) is 1.99. The van der Waals surface area contributed by atoms with E-state index in [1.807, 2.05) is 17.5 Å². The van der Waals surface area contributed by atoms with Crippen LogP contribution in [0.2, 0.25) is 5.02 Å². The number of anilines is 1. The lowest BCUT2D eigenvalue weighted by molar-refractivity contribution is 0.102. The van der Waals surface area contributed by atoms with Gasteiger partial charge in [-0.05, 0) is 6.92 Å². The zero-order valence-electron chi connectivity index (χ0n) is 12.7. The number of methoxy groups -OCH3 is 2. The number of nitrogens with zero attached hydrogens (tertiary/aromatic N) is 2. The molecule has 1 amide bonds. The smallest absolute Gasteiger partial charge is 0.276 e. The average Bonchev–Trinajstić information content (AvgIpc) is 3.05. The highest BCUT2D eigenvalue weighted by Gasteiger charge is 2.16. The minimum atomic E-state index is -0.332. The maximum absolute atomic E-state index is 12.4. The minimum Gasteiger partial charge on any atom is -0.495 e. The number of aromatic nitrogens is 2. The number of fused-ring (bicyclic) bond motifs is 1. The summed E-state index contributed by atoms with van der Waals surface area (Å²) in [7, 11) is 3.01. The van der Waals surface area contributed by atoms with Crippen LogP contribution in [0.3, 0.4) is 0 Å². The first-order valence-electron chi connectivity index (χ1n) is 6.70. The van der Waals surface area contributed by atoms with E-state index < -0.39 is 0 Å². The first-order chi connectivity index (χ1) is 11.0. The monoisotopic (exact) mass is 351 g/mol. The van der Waals surface area contributed by atoms with Crippen molar-refractivity contribution in [1.29, 1.82) is 0 Å². The summed E-state index contributed by atoms with van der Waals surface area (Å²) in [5, 5.41) is 3.17. The Balaban J connectivity index is 1.90. The van der Waals surface area contributed by atoms with Gasteiger partial charge in [0.05, 0.1) is 24.9 Å². The SMILES string of the molecule is COc1cc(NC(=O)c2cn3cc(C)sc3n2)c(OC)cc1Cl. The maximum Gasteiger partial charge on any atom is 0.276 e. The Morgan fingerprint density at radius 3 is 2.65 bits per heavy atom. The molecule has 8 heteroatoms. The Kier molecular flexibility index (Phi) is 4.14. The number of benzene rings is 1.